The van der Waals surface area contributed by atoms with E-state index in [0.717, 1.165) is 0 Å². The Balaban J connectivity index is 2.12. The lowest BCUT2D eigenvalue weighted by molar-refractivity contribution is -0.133. The van der Waals surface area contributed by atoms with E-state index >= 15 is 0 Å². The van der Waals surface area contributed by atoms with E-state index in [4.69, 9.17) is 5.53 Å². The molecule has 2 N–H and O–H groups in total. The van der Waals surface area contributed by atoms with E-state index in [9.17, 15) is 9.59 Å². The third-order valence-corrected chi connectivity index (χ3v) is 2.64. The van der Waals surface area contributed by atoms with E-state index in [1.165, 1.54) is 0 Å². The van der Waals surface area contributed by atoms with Crippen molar-refractivity contribution in [1.82, 2.24) is 10.6 Å². The molecule has 1 aliphatic heterocycles. The second-order valence-electron chi connectivity index (χ2n) is 3.82. The Labute approximate surface area is 103 Å². The first kappa shape index (κ1) is 11.9. The summed E-state index contributed by atoms with van der Waals surface area (Å²) >= 11 is 0. The molecule has 2 atom stereocenters. The maximum atomic E-state index is 11.9. The molecule has 1 aromatic carbocycles. The Morgan fingerprint density at radius 2 is 2.22 bits per heavy atom. The lowest BCUT2D eigenvalue weighted by Crippen LogP contribution is -2.62. The van der Waals surface area contributed by atoms with Gasteiger partial charge in [0.2, 0.25) is 11.8 Å². The molecule has 0 aliphatic carbocycles. The van der Waals surface area contributed by atoms with Crippen molar-refractivity contribution in [2.24, 2.45) is 5.11 Å². The van der Waals surface area contributed by atoms with Gasteiger partial charge in [-0.15, -0.1) is 0 Å². The summed E-state index contributed by atoms with van der Waals surface area (Å²) in [6.45, 7) is 0.405. The number of β-lactam (4-membered cyclic amide) rings is 1. The molecule has 1 unspecified atom stereocenters. The predicted molar refractivity (Wildman–Crippen MR) is 63.3 cm³/mol. The molecule has 7 heteroatoms. The van der Waals surface area contributed by atoms with Crippen LogP contribution in [0.25, 0.3) is 10.4 Å². The second kappa shape index (κ2) is 5.20. The van der Waals surface area contributed by atoms with Gasteiger partial charge in [0.05, 0.1) is 0 Å². The number of nitrogens with one attached hydrogen (secondary N) is 2. The predicted octanol–water partition coefficient (Wildman–Crippen LogP) is 0.653. The number of azide groups is 1. The molecule has 1 saturated heterocycles. The molecule has 1 aliphatic rings. The van der Waals surface area contributed by atoms with Crippen LogP contribution in [0, 0.1) is 0 Å². The summed E-state index contributed by atoms with van der Waals surface area (Å²) in [6.07, 6.45) is 0. The van der Waals surface area contributed by atoms with E-state index in [1.54, 1.807) is 30.3 Å². The molecule has 18 heavy (non-hydrogen) atoms. The maximum absolute atomic E-state index is 11.9. The number of amides is 2. The van der Waals surface area contributed by atoms with Gasteiger partial charge in [0, 0.05) is 11.5 Å². The Bertz CT molecular complexity index is 509. The lowest BCUT2D eigenvalue weighted by atomic mass is 10.1. The molecule has 1 aromatic rings. The van der Waals surface area contributed by atoms with Gasteiger partial charge in [-0.3, -0.25) is 9.59 Å². The van der Waals surface area contributed by atoms with Gasteiger partial charge >= 0.3 is 0 Å². The fraction of sp³-hybridized carbons (Fsp3) is 0.273. The molecule has 92 valence electrons. The topological polar surface area (TPSA) is 107 Å². The van der Waals surface area contributed by atoms with Crippen molar-refractivity contribution in [3.8, 4) is 0 Å². The highest BCUT2D eigenvalue weighted by molar-refractivity contribution is 5.93. The van der Waals surface area contributed by atoms with Crippen LogP contribution in [-0.4, -0.2) is 24.4 Å². The van der Waals surface area contributed by atoms with Crippen molar-refractivity contribution in [2.75, 3.05) is 6.54 Å². The highest BCUT2D eigenvalue weighted by atomic mass is 16.2. The van der Waals surface area contributed by atoms with Crippen LogP contribution in [0.3, 0.4) is 0 Å². The van der Waals surface area contributed by atoms with Gasteiger partial charge in [0.15, 0.2) is 0 Å². The van der Waals surface area contributed by atoms with Crippen molar-refractivity contribution in [3.05, 3.63) is 46.3 Å². The van der Waals surface area contributed by atoms with E-state index < -0.39 is 18.0 Å². The number of carbonyl (C=O) groups is 2. The number of hydrogen-bond donors (Lipinski definition) is 2. The number of rotatable bonds is 4. The largest absolute Gasteiger partial charge is 0.352 e. The summed E-state index contributed by atoms with van der Waals surface area (Å²) in [4.78, 5) is 25.6. The minimum absolute atomic E-state index is 0.226. The molecule has 0 bridgehead atoms. The molecule has 1 fully saturated rings. The fourth-order valence-corrected chi connectivity index (χ4v) is 1.61. The van der Waals surface area contributed by atoms with Crippen molar-refractivity contribution in [3.63, 3.8) is 0 Å². The zero-order valence-electron chi connectivity index (χ0n) is 9.41. The summed E-state index contributed by atoms with van der Waals surface area (Å²) in [5.74, 6) is -0.699. The van der Waals surface area contributed by atoms with Gasteiger partial charge < -0.3 is 10.6 Å². The molecular formula is C11H11N5O2. The van der Waals surface area contributed by atoms with E-state index in [1.807, 2.05) is 0 Å². The normalized spacial score (nSPS) is 18.9. The Morgan fingerprint density at radius 1 is 1.50 bits per heavy atom. The molecule has 0 radical (unpaired) electrons. The SMILES string of the molecule is [N-]=[N+]=N[C@H](C(=O)NC1CNC1=O)c1ccccc1. The highest BCUT2D eigenvalue weighted by Gasteiger charge is 2.31. The smallest absolute Gasteiger partial charge is 0.244 e. The minimum atomic E-state index is -0.954. The van der Waals surface area contributed by atoms with Crippen molar-refractivity contribution < 1.29 is 9.59 Å². The van der Waals surface area contributed by atoms with Crippen molar-refractivity contribution in [1.29, 1.82) is 0 Å². The zero-order chi connectivity index (χ0) is 13.0. The van der Waals surface area contributed by atoms with Gasteiger partial charge in [-0.25, -0.2) is 0 Å². The number of benzene rings is 1. The number of hydrogen-bond acceptors (Lipinski definition) is 3. The first-order valence-corrected chi connectivity index (χ1v) is 5.39. The Morgan fingerprint density at radius 3 is 2.72 bits per heavy atom. The average Bonchev–Trinajstić information content (AvgIpc) is 2.41. The fourth-order valence-electron chi connectivity index (χ4n) is 1.61. The summed E-state index contributed by atoms with van der Waals surface area (Å²) in [6, 6.07) is 7.20. The first-order chi connectivity index (χ1) is 8.72. The second-order valence-corrected chi connectivity index (χ2v) is 3.82. The first-order valence-electron chi connectivity index (χ1n) is 5.39. The lowest BCUT2D eigenvalue weighted by Gasteiger charge is -2.27. The zero-order valence-corrected chi connectivity index (χ0v) is 9.41. The average molecular weight is 245 g/mol. The van der Waals surface area contributed by atoms with E-state index in [-0.39, 0.29) is 5.91 Å². The monoisotopic (exact) mass is 245 g/mol. The van der Waals surface area contributed by atoms with Crippen LogP contribution < -0.4 is 10.6 Å². The van der Waals surface area contributed by atoms with Crippen LogP contribution in [0.15, 0.2) is 35.4 Å². The van der Waals surface area contributed by atoms with Gasteiger partial charge in [0.25, 0.3) is 0 Å². The standard InChI is InChI=1S/C11H11N5O2/c12-16-15-9(7-4-2-1-3-5-7)11(18)14-8-6-13-10(8)17/h1-5,8-9H,6H2,(H,13,17)(H,14,18)/t8?,9-/m0/s1. The minimum Gasteiger partial charge on any atom is -0.352 e. The van der Waals surface area contributed by atoms with Crippen LogP contribution in [0.5, 0.6) is 0 Å². The van der Waals surface area contributed by atoms with E-state index in [2.05, 4.69) is 20.7 Å². The summed E-state index contributed by atoms with van der Waals surface area (Å²) < 4.78 is 0. The quantitative estimate of drug-likeness (QED) is 0.351. The van der Waals surface area contributed by atoms with E-state index in [0.29, 0.717) is 12.1 Å². The van der Waals surface area contributed by atoms with Gasteiger partial charge in [-0.2, -0.15) is 0 Å². The van der Waals surface area contributed by atoms with Crippen LogP contribution >= 0.6 is 0 Å². The Kier molecular flexibility index (Phi) is 3.45. The van der Waals surface area contributed by atoms with Crippen molar-refractivity contribution >= 4 is 11.8 Å². The molecule has 0 aromatic heterocycles. The number of carbonyl (C=O) groups excluding carboxylic acids is 2. The molecule has 0 spiro atoms. The third kappa shape index (κ3) is 2.41. The molecule has 0 saturated carbocycles. The molecule has 2 amide bonds. The van der Waals surface area contributed by atoms with Crippen molar-refractivity contribution in [2.45, 2.75) is 12.1 Å². The highest BCUT2D eigenvalue weighted by Crippen LogP contribution is 2.18. The summed E-state index contributed by atoms with van der Waals surface area (Å²) in [5, 5.41) is 8.52. The third-order valence-electron chi connectivity index (χ3n) is 2.64. The van der Waals surface area contributed by atoms with Gasteiger partial charge in [0.1, 0.15) is 12.1 Å². The molecule has 7 nitrogen and oxygen atoms in total. The van der Waals surface area contributed by atoms with Gasteiger partial charge in [-0.1, -0.05) is 35.4 Å². The molecule has 1 heterocycles. The van der Waals surface area contributed by atoms with Crippen LogP contribution in [0.2, 0.25) is 0 Å². The van der Waals surface area contributed by atoms with Gasteiger partial charge in [-0.05, 0) is 11.1 Å². The van der Waals surface area contributed by atoms with Crippen LogP contribution in [0.1, 0.15) is 11.6 Å². The summed E-state index contributed by atoms with van der Waals surface area (Å²) in [5.41, 5.74) is 9.09. The molecular weight excluding hydrogens is 234 g/mol. The Hall–Kier alpha value is -2.53. The van der Waals surface area contributed by atoms with Crippen LogP contribution in [0.4, 0.5) is 0 Å². The summed E-state index contributed by atoms with van der Waals surface area (Å²) in [7, 11) is 0. The van der Waals surface area contributed by atoms with Crippen LogP contribution in [-0.2, 0) is 9.59 Å². The number of nitrogens with zero attached hydrogens (tertiary/aromatic N) is 3. The molecule has 2 rings (SSSR count). The maximum Gasteiger partial charge on any atom is 0.244 e.